The Morgan fingerprint density at radius 2 is 1.73 bits per heavy atom. The molecule has 0 aromatic carbocycles. The molecule has 4 aliphatic rings. The molecule has 150 valence electrons. The Kier molecular flexibility index (Phi) is 5.33. The van der Waals surface area contributed by atoms with Gasteiger partial charge in [0.1, 0.15) is 0 Å². The van der Waals surface area contributed by atoms with E-state index in [0.29, 0.717) is 17.2 Å². The number of aliphatic hydroxyl groups excluding tert-OH is 1. The van der Waals surface area contributed by atoms with Gasteiger partial charge in [0.05, 0.1) is 6.10 Å². The normalized spacial score (nSPS) is 52.0. The molecular weight excluding hydrogens is 342 g/mol. The molecule has 9 atom stereocenters. The first-order valence-electron chi connectivity index (χ1n) is 11.2. The second kappa shape index (κ2) is 7.15. The predicted octanol–water partition coefficient (Wildman–Crippen LogP) is 3.86. The van der Waals surface area contributed by atoms with Gasteiger partial charge in [0.15, 0.2) is 0 Å². The molecule has 3 N–H and O–H groups in total. The maximum absolute atomic E-state index is 12.7. The van der Waals surface area contributed by atoms with Crippen LogP contribution in [0.5, 0.6) is 0 Å². The summed E-state index contributed by atoms with van der Waals surface area (Å²) in [6.07, 6.45) is 11.9. The quantitative estimate of drug-likeness (QED) is 0.777. The Hall–Kier alpha value is 0.0700. The molecule has 4 aliphatic carbocycles. The van der Waals surface area contributed by atoms with E-state index in [1.165, 1.54) is 44.9 Å². The average Bonchev–Trinajstić information content (AvgIpc) is 2.94. The van der Waals surface area contributed by atoms with E-state index in [1.807, 2.05) is 0 Å². The minimum Gasteiger partial charge on any atom is -0.393 e. The Morgan fingerprint density at radius 1 is 1.00 bits per heavy atom. The highest BCUT2D eigenvalue weighted by molar-refractivity contribution is 7.85. The fourth-order valence-corrected chi connectivity index (χ4v) is 9.43. The summed E-state index contributed by atoms with van der Waals surface area (Å²) in [4.78, 5) is 0. The van der Waals surface area contributed by atoms with Gasteiger partial charge < -0.3 is 10.8 Å². The van der Waals surface area contributed by atoms with Gasteiger partial charge in [0.25, 0.3) is 0 Å². The van der Waals surface area contributed by atoms with Crippen LogP contribution in [0, 0.1) is 34.5 Å². The molecule has 0 heterocycles. The number of rotatable bonds is 4. The third-order valence-electron chi connectivity index (χ3n) is 9.49. The topological polar surface area (TPSA) is 63.3 Å². The Balaban J connectivity index is 1.48. The molecule has 26 heavy (non-hydrogen) atoms. The molecule has 0 spiro atoms. The lowest BCUT2D eigenvalue weighted by Gasteiger charge is -2.60. The van der Waals surface area contributed by atoms with E-state index >= 15 is 0 Å². The molecule has 0 aromatic heterocycles. The van der Waals surface area contributed by atoms with Gasteiger partial charge >= 0.3 is 0 Å². The molecule has 4 saturated carbocycles. The summed E-state index contributed by atoms with van der Waals surface area (Å²) in [7, 11) is -0.678. The molecule has 4 rings (SSSR count). The van der Waals surface area contributed by atoms with Gasteiger partial charge in [-0.3, -0.25) is 4.21 Å². The van der Waals surface area contributed by atoms with Crippen LogP contribution in [0.1, 0.15) is 78.1 Å². The summed E-state index contributed by atoms with van der Waals surface area (Å²) in [6, 6.07) is 0. The standard InChI is InChI=1S/C22H39NO2S/c1-21-10-8-16(26(25)13-3-12-23)14-15(21)4-5-17-18-6-7-20(24)22(18,2)11-9-19(17)21/h15-20,24H,3-14,23H2,1-2H3/t15?,16-,17?,18?,19?,20+,21+,22+,26?/m1/s1. The highest BCUT2D eigenvalue weighted by Gasteiger charge is 2.60. The number of nitrogens with two attached hydrogens (primary N) is 1. The van der Waals surface area contributed by atoms with E-state index in [9.17, 15) is 9.32 Å². The van der Waals surface area contributed by atoms with Crippen molar-refractivity contribution in [1.29, 1.82) is 0 Å². The van der Waals surface area contributed by atoms with Crippen LogP contribution in [0.3, 0.4) is 0 Å². The summed E-state index contributed by atoms with van der Waals surface area (Å²) >= 11 is 0. The van der Waals surface area contributed by atoms with Crippen LogP contribution < -0.4 is 5.73 Å². The maximum Gasteiger partial charge on any atom is 0.0596 e. The third-order valence-corrected chi connectivity index (χ3v) is 11.4. The Labute approximate surface area is 162 Å². The second-order valence-corrected chi connectivity index (χ2v) is 12.3. The fourth-order valence-electron chi connectivity index (χ4n) is 7.82. The Bertz CT molecular complexity index is 554. The number of hydrogen-bond acceptors (Lipinski definition) is 3. The predicted molar refractivity (Wildman–Crippen MR) is 108 cm³/mol. The molecular formula is C22H39NO2S. The highest BCUT2D eigenvalue weighted by Crippen LogP contribution is 2.66. The number of fused-ring (bicyclic) bond motifs is 5. The summed E-state index contributed by atoms with van der Waals surface area (Å²) < 4.78 is 12.7. The lowest BCUT2D eigenvalue weighted by Crippen LogP contribution is -2.54. The van der Waals surface area contributed by atoms with E-state index in [4.69, 9.17) is 5.73 Å². The van der Waals surface area contributed by atoms with E-state index in [1.54, 1.807) is 0 Å². The second-order valence-electron chi connectivity index (χ2n) is 10.4. The summed E-state index contributed by atoms with van der Waals surface area (Å²) in [5, 5.41) is 11.0. The van der Waals surface area contributed by atoms with Crippen LogP contribution in [0.2, 0.25) is 0 Å². The summed E-state index contributed by atoms with van der Waals surface area (Å²) in [5.41, 5.74) is 6.25. The van der Waals surface area contributed by atoms with Crippen molar-refractivity contribution >= 4 is 10.8 Å². The first-order chi connectivity index (χ1) is 12.4. The van der Waals surface area contributed by atoms with Crippen molar-refractivity contribution in [2.24, 2.45) is 40.2 Å². The van der Waals surface area contributed by atoms with Gasteiger partial charge in [-0.25, -0.2) is 0 Å². The van der Waals surface area contributed by atoms with Crippen molar-refractivity contribution in [3.8, 4) is 0 Å². The van der Waals surface area contributed by atoms with Crippen LogP contribution in [0.25, 0.3) is 0 Å². The maximum atomic E-state index is 12.7. The number of hydrogen-bond donors (Lipinski definition) is 2. The lowest BCUT2D eigenvalue weighted by molar-refractivity contribution is -0.120. The van der Waals surface area contributed by atoms with Gasteiger partial charge in [-0.2, -0.15) is 0 Å². The van der Waals surface area contributed by atoms with Crippen molar-refractivity contribution in [3.05, 3.63) is 0 Å². The van der Waals surface area contributed by atoms with Crippen molar-refractivity contribution in [2.45, 2.75) is 89.4 Å². The molecule has 0 saturated heterocycles. The SMILES string of the molecule is C[C@]12CC[C@@H](S(=O)CCCN)CC1CCC1C2CC[C@@]2(C)C1CC[C@@H]2O. The van der Waals surface area contributed by atoms with Crippen molar-refractivity contribution in [1.82, 2.24) is 0 Å². The van der Waals surface area contributed by atoms with Crippen molar-refractivity contribution in [2.75, 3.05) is 12.3 Å². The molecule has 0 amide bonds. The zero-order valence-electron chi connectivity index (χ0n) is 16.8. The van der Waals surface area contributed by atoms with Crippen LogP contribution >= 0.6 is 0 Å². The Morgan fingerprint density at radius 3 is 2.50 bits per heavy atom. The molecule has 5 unspecified atom stereocenters. The molecule has 0 aliphatic heterocycles. The molecule has 3 nitrogen and oxygen atoms in total. The first-order valence-corrected chi connectivity index (χ1v) is 12.5. The highest BCUT2D eigenvalue weighted by atomic mass is 32.2. The number of aliphatic hydroxyl groups is 1. The fraction of sp³-hybridized carbons (Fsp3) is 1.00. The third kappa shape index (κ3) is 2.93. The monoisotopic (exact) mass is 381 g/mol. The van der Waals surface area contributed by atoms with E-state index in [0.717, 1.165) is 48.7 Å². The first kappa shape index (κ1) is 19.4. The largest absolute Gasteiger partial charge is 0.393 e. The lowest BCUT2D eigenvalue weighted by atomic mass is 9.45. The smallest absolute Gasteiger partial charge is 0.0596 e. The van der Waals surface area contributed by atoms with Gasteiger partial charge in [-0.15, -0.1) is 0 Å². The van der Waals surface area contributed by atoms with E-state index in [2.05, 4.69) is 13.8 Å². The van der Waals surface area contributed by atoms with Gasteiger partial charge in [-0.1, -0.05) is 13.8 Å². The zero-order chi connectivity index (χ0) is 18.5. The molecule has 0 radical (unpaired) electrons. The van der Waals surface area contributed by atoms with Crippen LogP contribution in [0.15, 0.2) is 0 Å². The summed E-state index contributed by atoms with van der Waals surface area (Å²) in [6.45, 7) is 5.61. The zero-order valence-corrected chi connectivity index (χ0v) is 17.6. The molecule has 4 fully saturated rings. The van der Waals surface area contributed by atoms with Gasteiger partial charge in [0, 0.05) is 21.8 Å². The molecule has 0 bridgehead atoms. The minimum atomic E-state index is -0.678. The van der Waals surface area contributed by atoms with Gasteiger partial charge in [0.2, 0.25) is 0 Å². The van der Waals surface area contributed by atoms with Crippen LogP contribution in [-0.2, 0) is 10.8 Å². The van der Waals surface area contributed by atoms with Crippen molar-refractivity contribution in [3.63, 3.8) is 0 Å². The summed E-state index contributed by atoms with van der Waals surface area (Å²) in [5.74, 6) is 3.97. The minimum absolute atomic E-state index is 0.0697. The van der Waals surface area contributed by atoms with E-state index < -0.39 is 10.8 Å². The van der Waals surface area contributed by atoms with Crippen LogP contribution in [0.4, 0.5) is 0 Å². The van der Waals surface area contributed by atoms with Crippen LogP contribution in [-0.4, -0.2) is 33.0 Å². The average molecular weight is 382 g/mol. The molecule has 4 heteroatoms. The molecule has 0 aromatic rings. The van der Waals surface area contributed by atoms with Crippen molar-refractivity contribution < 1.29 is 9.32 Å². The van der Waals surface area contributed by atoms with E-state index in [-0.39, 0.29) is 11.5 Å². The van der Waals surface area contributed by atoms with Gasteiger partial charge in [-0.05, 0) is 105 Å².